The fourth-order valence-corrected chi connectivity index (χ4v) is 2.02. The van der Waals surface area contributed by atoms with E-state index < -0.39 is 0 Å². The minimum atomic E-state index is 0.153. The zero-order chi connectivity index (χ0) is 12.3. The summed E-state index contributed by atoms with van der Waals surface area (Å²) in [4.78, 5) is 6.71. The zero-order valence-electron chi connectivity index (χ0n) is 10.8. The van der Waals surface area contributed by atoms with Crippen LogP contribution in [0, 0.1) is 12.8 Å². The Morgan fingerprint density at radius 3 is 2.94 bits per heavy atom. The summed E-state index contributed by atoms with van der Waals surface area (Å²) in [5, 5.41) is 4.01. The molecule has 1 aromatic heterocycles. The van der Waals surface area contributed by atoms with E-state index in [9.17, 15) is 0 Å². The topological polar surface area (TPSA) is 51.4 Å². The van der Waals surface area contributed by atoms with Gasteiger partial charge in [-0.05, 0) is 18.9 Å². The van der Waals surface area contributed by atoms with Crippen LogP contribution in [0.2, 0.25) is 0 Å². The molecule has 0 amide bonds. The normalized spacial score (nSPS) is 22.2. The van der Waals surface area contributed by atoms with Gasteiger partial charge in [0.05, 0.1) is 19.3 Å². The van der Waals surface area contributed by atoms with Crippen molar-refractivity contribution in [1.29, 1.82) is 0 Å². The monoisotopic (exact) mass is 239 g/mol. The maximum absolute atomic E-state index is 5.52. The Morgan fingerprint density at radius 2 is 2.29 bits per heavy atom. The molecule has 96 valence electrons. The Morgan fingerprint density at radius 1 is 1.47 bits per heavy atom. The van der Waals surface area contributed by atoms with Crippen LogP contribution in [0.4, 0.5) is 0 Å². The van der Waals surface area contributed by atoms with Crippen LogP contribution in [0.3, 0.4) is 0 Å². The van der Waals surface area contributed by atoms with Gasteiger partial charge in [0.2, 0.25) is 5.89 Å². The van der Waals surface area contributed by atoms with Crippen molar-refractivity contribution in [2.75, 3.05) is 26.3 Å². The minimum Gasteiger partial charge on any atom is -0.378 e. The number of aromatic nitrogens is 2. The SMILES string of the molecule is Cc1nc([C@@H]2COCCN2CCC(C)C)no1. The number of hydrogen-bond donors (Lipinski definition) is 0. The van der Waals surface area contributed by atoms with E-state index in [-0.39, 0.29) is 6.04 Å². The average Bonchev–Trinajstić information content (AvgIpc) is 2.73. The van der Waals surface area contributed by atoms with Crippen LogP contribution in [-0.4, -0.2) is 41.3 Å². The standard InChI is InChI=1S/C12H21N3O2/c1-9(2)4-5-15-6-7-16-8-11(15)12-13-10(3)17-14-12/h9,11H,4-8H2,1-3H3/t11-/m0/s1. The Bertz CT molecular complexity index is 351. The zero-order valence-corrected chi connectivity index (χ0v) is 10.8. The van der Waals surface area contributed by atoms with Crippen LogP contribution in [-0.2, 0) is 4.74 Å². The first-order valence-electron chi connectivity index (χ1n) is 6.29. The molecule has 0 saturated carbocycles. The number of morpholine rings is 1. The molecule has 1 atom stereocenters. The van der Waals surface area contributed by atoms with E-state index in [1.807, 2.05) is 6.92 Å². The van der Waals surface area contributed by atoms with Crippen molar-refractivity contribution in [1.82, 2.24) is 15.0 Å². The molecule has 5 nitrogen and oxygen atoms in total. The third kappa shape index (κ3) is 3.26. The second-order valence-electron chi connectivity index (χ2n) is 4.98. The highest BCUT2D eigenvalue weighted by molar-refractivity contribution is 4.95. The second-order valence-corrected chi connectivity index (χ2v) is 4.98. The van der Waals surface area contributed by atoms with Crippen molar-refractivity contribution in [2.45, 2.75) is 33.2 Å². The van der Waals surface area contributed by atoms with Gasteiger partial charge >= 0.3 is 0 Å². The van der Waals surface area contributed by atoms with Crippen LogP contribution in [0.5, 0.6) is 0 Å². The van der Waals surface area contributed by atoms with Gasteiger partial charge in [-0.25, -0.2) is 0 Å². The third-order valence-electron chi connectivity index (χ3n) is 3.07. The van der Waals surface area contributed by atoms with E-state index in [4.69, 9.17) is 9.26 Å². The van der Waals surface area contributed by atoms with E-state index >= 15 is 0 Å². The number of rotatable bonds is 4. The summed E-state index contributed by atoms with van der Waals surface area (Å²) >= 11 is 0. The Balaban J connectivity index is 2.01. The summed E-state index contributed by atoms with van der Waals surface area (Å²) in [6, 6.07) is 0.153. The van der Waals surface area contributed by atoms with Gasteiger partial charge in [-0.1, -0.05) is 19.0 Å². The molecule has 0 spiro atoms. The van der Waals surface area contributed by atoms with Crippen LogP contribution in [0.15, 0.2) is 4.52 Å². The average molecular weight is 239 g/mol. The molecule has 0 aliphatic carbocycles. The number of nitrogens with zero attached hydrogens (tertiary/aromatic N) is 3. The van der Waals surface area contributed by atoms with Crippen LogP contribution in [0.1, 0.15) is 38.0 Å². The quantitative estimate of drug-likeness (QED) is 0.802. The number of aryl methyl sites for hydroxylation is 1. The molecular formula is C12H21N3O2. The summed E-state index contributed by atoms with van der Waals surface area (Å²) in [6.07, 6.45) is 1.19. The van der Waals surface area contributed by atoms with Gasteiger partial charge < -0.3 is 9.26 Å². The summed E-state index contributed by atoms with van der Waals surface area (Å²) in [6.45, 7) is 9.79. The lowest BCUT2D eigenvalue weighted by Crippen LogP contribution is -2.40. The molecule has 1 fully saturated rings. The van der Waals surface area contributed by atoms with Gasteiger partial charge in [0.15, 0.2) is 5.82 Å². The van der Waals surface area contributed by atoms with Gasteiger partial charge in [0, 0.05) is 13.5 Å². The van der Waals surface area contributed by atoms with Crippen molar-refractivity contribution < 1.29 is 9.26 Å². The van der Waals surface area contributed by atoms with E-state index in [2.05, 4.69) is 28.9 Å². The molecule has 0 bridgehead atoms. The largest absolute Gasteiger partial charge is 0.378 e. The molecule has 2 rings (SSSR count). The van der Waals surface area contributed by atoms with Crippen molar-refractivity contribution in [2.24, 2.45) is 5.92 Å². The first-order valence-corrected chi connectivity index (χ1v) is 6.29. The fraction of sp³-hybridized carbons (Fsp3) is 0.833. The summed E-state index contributed by atoms with van der Waals surface area (Å²) in [5.74, 6) is 2.09. The first kappa shape index (κ1) is 12.5. The highest BCUT2D eigenvalue weighted by atomic mass is 16.5. The molecule has 0 radical (unpaired) electrons. The summed E-state index contributed by atoms with van der Waals surface area (Å²) in [5.41, 5.74) is 0. The molecule has 17 heavy (non-hydrogen) atoms. The Kier molecular flexibility index (Phi) is 4.12. The molecule has 0 unspecified atom stereocenters. The van der Waals surface area contributed by atoms with E-state index in [0.717, 1.165) is 25.5 Å². The maximum Gasteiger partial charge on any atom is 0.223 e. The maximum atomic E-state index is 5.52. The lowest BCUT2D eigenvalue weighted by Gasteiger charge is -2.33. The van der Waals surface area contributed by atoms with E-state index in [1.54, 1.807) is 0 Å². The molecule has 5 heteroatoms. The highest BCUT2D eigenvalue weighted by Crippen LogP contribution is 2.22. The lowest BCUT2D eigenvalue weighted by molar-refractivity contribution is -0.0141. The predicted octanol–water partition coefficient (Wildman–Crippen LogP) is 1.80. The van der Waals surface area contributed by atoms with Crippen molar-refractivity contribution >= 4 is 0 Å². The van der Waals surface area contributed by atoms with Gasteiger partial charge in [-0.15, -0.1) is 0 Å². The van der Waals surface area contributed by atoms with Crippen molar-refractivity contribution in [3.05, 3.63) is 11.7 Å². The van der Waals surface area contributed by atoms with Crippen molar-refractivity contribution in [3.63, 3.8) is 0 Å². The molecule has 0 aromatic carbocycles. The van der Waals surface area contributed by atoms with Crippen LogP contribution < -0.4 is 0 Å². The highest BCUT2D eigenvalue weighted by Gasteiger charge is 2.28. The van der Waals surface area contributed by atoms with Gasteiger partial charge in [0.25, 0.3) is 0 Å². The lowest BCUT2D eigenvalue weighted by atomic mass is 10.1. The number of ether oxygens (including phenoxy) is 1. The smallest absolute Gasteiger partial charge is 0.223 e. The fourth-order valence-electron chi connectivity index (χ4n) is 2.02. The van der Waals surface area contributed by atoms with E-state index in [0.29, 0.717) is 18.4 Å². The van der Waals surface area contributed by atoms with Gasteiger partial charge in [0.1, 0.15) is 0 Å². The summed E-state index contributed by atoms with van der Waals surface area (Å²) in [7, 11) is 0. The second kappa shape index (κ2) is 5.60. The molecule has 1 saturated heterocycles. The van der Waals surface area contributed by atoms with E-state index in [1.165, 1.54) is 6.42 Å². The molecular weight excluding hydrogens is 218 g/mol. The molecule has 2 heterocycles. The van der Waals surface area contributed by atoms with Crippen LogP contribution >= 0.6 is 0 Å². The minimum absolute atomic E-state index is 0.153. The molecule has 1 aliphatic rings. The third-order valence-corrected chi connectivity index (χ3v) is 3.07. The van der Waals surface area contributed by atoms with Gasteiger partial charge in [-0.3, -0.25) is 4.90 Å². The van der Waals surface area contributed by atoms with Crippen LogP contribution in [0.25, 0.3) is 0 Å². The first-order chi connectivity index (χ1) is 8.16. The predicted molar refractivity (Wildman–Crippen MR) is 63.6 cm³/mol. The molecule has 1 aromatic rings. The van der Waals surface area contributed by atoms with Crippen molar-refractivity contribution in [3.8, 4) is 0 Å². The van der Waals surface area contributed by atoms with Gasteiger partial charge in [-0.2, -0.15) is 4.98 Å². The Labute approximate surface area is 102 Å². The summed E-state index contributed by atoms with van der Waals surface area (Å²) < 4.78 is 10.6. The molecule has 0 N–H and O–H groups in total. The Hall–Kier alpha value is -0.940. The molecule has 1 aliphatic heterocycles. The number of hydrogen-bond acceptors (Lipinski definition) is 5.